The van der Waals surface area contributed by atoms with Gasteiger partial charge in [-0.15, -0.1) is 0 Å². The van der Waals surface area contributed by atoms with Crippen molar-refractivity contribution in [3.63, 3.8) is 0 Å². The molecule has 0 saturated carbocycles. The van der Waals surface area contributed by atoms with Gasteiger partial charge in [0.25, 0.3) is 0 Å². The van der Waals surface area contributed by atoms with Crippen LogP contribution in [-0.4, -0.2) is 41.3 Å². The summed E-state index contributed by atoms with van der Waals surface area (Å²) < 4.78 is 0. The number of hydrogen-bond acceptors (Lipinski definition) is 0. The average molecular weight is 256 g/mol. The summed E-state index contributed by atoms with van der Waals surface area (Å²) in [5.74, 6) is 0. The van der Waals surface area contributed by atoms with E-state index in [1.165, 1.54) is 0 Å². The Morgan fingerprint density at radius 1 is 1.00 bits per heavy atom. The first kappa shape index (κ1) is 32.8. The molecule has 0 N–H and O–H groups in total. The molecule has 0 nitrogen and oxygen atoms in total. The molecule has 0 heterocycles. The van der Waals surface area contributed by atoms with Gasteiger partial charge in [0.2, 0.25) is 0 Å². The Morgan fingerprint density at radius 2 is 1.00 bits per heavy atom. The second-order valence-electron chi connectivity index (χ2n) is 0. The Hall–Kier alpha value is 2.36. The molecule has 23 valence electrons. The maximum atomic E-state index is 0. The molecule has 7 radical (unpaired) electrons. The van der Waals surface area contributed by atoms with Crippen molar-refractivity contribution >= 4 is 41.3 Å². The van der Waals surface area contributed by atoms with Crippen LogP contribution in [-0.2, 0) is 33.9 Å². The molecule has 0 bridgehead atoms. The second-order valence-corrected chi connectivity index (χ2v) is 0. The molecule has 0 aliphatic rings. The molecule has 0 atom stereocenters. The van der Waals surface area contributed by atoms with Crippen LogP contribution in [0.1, 0.15) is 0 Å². The molecule has 4 heteroatoms. The zero-order valence-electron chi connectivity index (χ0n) is 1.80. The Morgan fingerprint density at radius 3 is 1.00 bits per heavy atom. The first-order valence-electron chi connectivity index (χ1n) is 0. The van der Waals surface area contributed by atoms with Gasteiger partial charge in [0.05, 0.1) is 0 Å². The van der Waals surface area contributed by atoms with Crippen molar-refractivity contribution < 1.29 is 33.9 Å². The van der Waals surface area contributed by atoms with E-state index >= 15 is 0 Å². The number of hydrogen-bond donors (Lipinski definition) is 0. The van der Waals surface area contributed by atoms with E-state index in [0.29, 0.717) is 0 Å². The van der Waals surface area contributed by atoms with Crippen molar-refractivity contribution in [1.82, 2.24) is 0 Å². The molecule has 0 fully saturated rings. The minimum absolute atomic E-state index is 0. The molecule has 0 amide bonds. The van der Waals surface area contributed by atoms with Crippen LogP contribution in [0.3, 0.4) is 0 Å². The zero-order valence-corrected chi connectivity index (χ0v) is 8.07. The van der Waals surface area contributed by atoms with Crippen molar-refractivity contribution in [2.24, 2.45) is 0 Å². The van der Waals surface area contributed by atoms with Crippen molar-refractivity contribution in [2.75, 3.05) is 0 Å². The summed E-state index contributed by atoms with van der Waals surface area (Å²) in [7, 11) is 0. The van der Waals surface area contributed by atoms with Crippen molar-refractivity contribution in [3.05, 3.63) is 0 Å². The minimum atomic E-state index is 0. The van der Waals surface area contributed by atoms with E-state index in [-0.39, 0.29) is 75.1 Å². The summed E-state index contributed by atoms with van der Waals surface area (Å²) in [4.78, 5) is 0. The third-order valence-corrected chi connectivity index (χ3v) is 0. The van der Waals surface area contributed by atoms with Crippen molar-refractivity contribution in [1.29, 1.82) is 0 Å². The molecule has 0 aliphatic heterocycles. The fourth-order valence-electron chi connectivity index (χ4n) is 0. The van der Waals surface area contributed by atoms with Gasteiger partial charge in [-0.1, -0.05) is 0 Å². The average Bonchev–Trinajstić information content (AvgIpc) is 0. The maximum Gasteiger partial charge on any atom is 0 e. The van der Waals surface area contributed by atoms with E-state index < -0.39 is 0 Å². The van der Waals surface area contributed by atoms with Crippen LogP contribution < -0.4 is 0 Å². The quantitative estimate of drug-likeness (QED) is 0.500. The molecule has 0 rings (SSSR count). The Labute approximate surface area is 74.2 Å². The topological polar surface area (TPSA) is 0 Å². The smallest absolute Gasteiger partial charge is 0 e. The first-order chi connectivity index (χ1) is 0. The summed E-state index contributed by atoms with van der Waals surface area (Å²) in [6, 6.07) is 0. The zero-order chi connectivity index (χ0) is 0. The summed E-state index contributed by atoms with van der Waals surface area (Å²) >= 11 is 0. The van der Waals surface area contributed by atoms with Gasteiger partial charge >= 0.3 is 0 Å². The Bertz CT molecular complexity index is 8.00. The first-order valence-corrected chi connectivity index (χ1v) is 0. The van der Waals surface area contributed by atoms with Gasteiger partial charge in [-0.05, 0) is 0 Å². The maximum absolute atomic E-state index is 0. The van der Waals surface area contributed by atoms with Crippen molar-refractivity contribution in [2.45, 2.75) is 0 Å². The molecule has 0 aromatic rings. The Kier molecular flexibility index (Phi) is 150. The van der Waals surface area contributed by atoms with Crippen LogP contribution in [0.2, 0.25) is 0 Å². The fraction of sp³-hybridized carbons (Fsp3) is 0. The van der Waals surface area contributed by atoms with Crippen LogP contribution in [0.4, 0.5) is 0 Å². The molecular formula is AlCrNiSn. The summed E-state index contributed by atoms with van der Waals surface area (Å²) in [5, 5.41) is 0. The van der Waals surface area contributed by atoms with Crippen LogP contribution in [0.5, 0.6) is 0 Å². The predicted molar refractivity (Wildman–Crippen MR) is 11.5 cm³/mol. The monoisotopic (exact) mass is 257 g/mol. The van der Waals surface area contributed by atoms with E-state index in [9.17, 15) is 0 Å². The third kappa shape index (κ3) is 8.84. The van der Waals surface area contributed by atoms with Gasteiger partial charge in [0.1, 0.15) is 0 Å². The third-order valence-electron chi connectivity index (χ3n) is 0. The fourth-order valence-corrected chi connectivity index (χ4v) is 0. The largest absolute Gasteiger partial charge is 0 e. The molecule has 0 unspecified atom stereocenters. The van der Waals surface area contributed by atoms with Gasteiger partial charge < -0.3 is 0 Å². The van der Waals surface area contributed by atoms with Gasteiger partial charge in [-0.2, -0.15) is 0 Å². The minimum Gasteiger partial charge on any atom is 0 e. The van der Waals surface area contributed by atoms with Crippen molar-refractivity contribution in [3.8, 4) is 0 Å². The molecule has 0 aromatic heterocycles. The van der Waals surface area contributed by atoms with Gasteiger partial charge in [-0.3, -0.25) is 0 Å². The van der Waals surface area contributed by atoms with E-state index in [2.05, 4.69) is 0 Å². The van der Waals surface area contributed by atoms with Crippen LogP contribution in [0.25, 0.3) is 0 Å². The molecule has 0 saturated heterocycles. The second kappa shape index (κ2) is 18.3. The van der Waals surface area contributed by atoms with E-state index in [1.54, 1.807) is 0 Å². The SMILES string of the molecule is [Al].[Cr].[Ni].[Sn]. The van der Waals surface area contributed by atoms with Crippen LogP contribution in [0, 0.1) is 0 Å². The molecule has 4 heavy (non-hydrogen) atoms. The molecule has 0 aliphatic carbocycles. The Balaban J connectivity index is 0. The van der Waals surface area contributed by atoms with Gasteiger partial charge in [0.15, 0.2) is 0 Å². The van der Waals surface area contributed by atoms with Gasteiger partial charge in [-0.25, -0.2) is 0 Å². The summed E-state index contributed by atoms with van der Waals surface area (Å²) in [6.45, 7) is 0. The van der Waals surface area contributed by atoms with Gasteiger partial charge in [0, 0.05) is 75.1 Å². The summed E-state index contributed by atoms with van der Waals surface area (Å²) in [5.41, 5.74) is 0. The van der Waals surface area contributed by atoms with E-state index in [1.807, 2.05) is 0 Å². The molecular weight excluding hydrogens is 256 g/mol. The summed E-state index contributed by atoms with van der Waals surface area (Å²) in [6.07, 6.45) is 0. The van der Waals surface area contributed by atoms with Crippen LogP contribution in [0.15, 0.2) is 0 Å². The standard InChI is InChI=1S/Al.Cr.Ni.Sn. The molecule has 0 aromatic carbocycles. The predicted octanol–water partition coefficient (Wildman–Crippen LogP) is -0.767. The molecule has 0 spiro atoms. The van der Waals surface area contributed by atoms with Crippen LogP contribution >= 0.6 is 0 Å². The van der Waals surface area contributed by atoms with E-state index in [0.717, 1.165) is 0 Å². The van der Waals surface area contributed by atoms with E-state index in [4.69, 9.17) is 0 Å². The normalized spacial score (nSPS) is 0. The number of rotatable bonds is 0.